The van der Waals surface area contributed by atoms with Crippen molar-refractivity contribution in [1.29, 1.82) is 0 Å². The number of fused-ring (bicyclic) bond motifs is 1. The maximum absolute atomic E-state index is 14.5. The molecule has 0 amide bonds. The molecule has 1 N–H and O–H groups in total. The molecule has 0 saturated carbocycles. The highest BCUT2D eigenvalue weighted by atomic mass is 35.5. The first kappa shape index (κ1) is 16.8. The van der Waals surface area contributed by atoms with Crippen LogP contribution in [0.1, 0.15) is 17.3 Å². The minimum absolute atomic E-state index is 0.180. The zero-order valence-corrected chi connectivity index (χ0v) is 14.8. The number of nitrogens with zero attached hydrogens (tertiary/aromatic N) is 2. The molecular formula is C19H12Cl2FN3O. The lowest BCUT2D eigenvalue weighted by molar-refractivity contribution is 0.577. The second-order valence-electron chi connectivity index (χ2n) is 5.64. The van der Waals surface area contributed by atoms with E-state index < -0.39 is 11.9 Å². The van der Waals surface area contributed by atoms with Crippen LogP contribution in [0.2, 0.25) is 10.0 Å². The lowest BCUT2D eigenvalue weighted by Gasteiger charge is -2.18. The van der Waals surface area contributed by atoms with Crippen LogP contribution in [0.4, 0.5) is 10.4 Å². The van der Waals surface area contributed by atoms with Crippen molar-refractivity contribution in [3.05, 3.63) is 87.9 Å². The lowest BCUT2D eigenvalue weighted by atomic mass is 10.0. The second kappa shape index (κ2) is 6.94. The molecule has 0 unspecified atom stereocenters. The van der Waals surface area contributed by atoms with Gasteiger partial charge in [0, 0.05) is 11.2 Å². The number of aromatic nitrogens is 2. The molecule has 2 aromatic heterocycles. The first-order valence-corrected chi connectivity index (χ1v) is 8.54. The molecule has 1 atom stereocenters. The second-order valence-corrected chi connectivity index (χ2v) is 6.51. The highest BCUT2D eigenvalue weighted by molar-refractivity contribution is 6.30. The summed E-state index contributed by atoms with van der Waals surface area (Å²) in [6, 6.07) is 15.3. The van der Waals surface area contributed by atoms with Crippen molar-refractivity contribution in [2.24, 2.45) is 0 Å². The van der Waals surface area contributed by atoms with Crippen molar-refractivity contribution in [3.8, 4) is 0 Å². The molecule has 0 aliphatic carbocycles. The van der Waals surface area contributed by atoms with E-state index in [1.807, 2.05) is 24.3 Å². The van der Waals surface area contributed by atoms with E-state index in [-0.39, 0.29) is 16.7 Å². The van der Waals surface area contributed by atoms with Crippen LogP contribution >= 0.6 is 23.2 Å². The summed E-state index contributed by atoms with van der Waals surface area (Å²) in [5.41, 5.74) is 2.27. The van der Waals surface area contributed by atoms with Gasteiger partial charge >= 0.3 is 0 Å². The number of pyridine rings is 1. The van der Waals surface area contributed by atoms with Crippen molar-refractivity contribution >= 4 is 40.3 Å². The van der Waals surface area contributed by atoms with E-state index in [1.165, 1.54) is 12.3 Å². The van der Waals surface area contributed by atoms with Crippen LogP contribution in [0.25, 0.3) is 11.1 Å². The largest absolute Gasteiger partial charge is 0.424 e. The Hall–Kier alpha value is -2.63. The topological polar surface area (TPSA) is 51.0 Å². The summed E-state index contributed by atoms with van der Waals surface area (Å²) in [5.74, 6) is -0.527. The van der Waals surface area contributed by atoms with E-state index in [2.05, 4.69) is 15.3 Å². The molecule has 2 aromatic carbocycles. The van der Waals surface area contributed by atoms with Crippen LogP contribution in [0, 0.1) is 5.82 Å². The SMILES string of the molecule is Fc1cc(Cl)cnc1[C@@H](Nc1nc2ccccc2o1)c1ccc(Cl)cc1. The van der Waals surface area contributed by atoms with Gasteiger partial charge in [-0.1, -0.05) is 47.5 Å². The third-order valence-corrected chi connectivity index (χ3v) is 4.33. The first-order valence-electron chi connectivity index (χ1n) is 7.78. The number of hydrogen-bond donors (Lipinski definition) is 1. The Balaban J connectivity index is 1.77. The molecule has 0 aliphatic heterocycles. The molecular weight excluding hydrogens is 376 g/mol. The normalized spacial score (nSPS) is 12.3. The Kier molecular flexibility index (Phi) is 4.49. The molecule has 4 nitrogen and oxygen atoms in total. The number of oxazole rings is 1. The summed E-state index contributed by atoms with van der Waals surface area (Å²) in [6.45, 7) is 0. The zero-order chi connectivity index (χ0) is 18.1. The fourth-order valence-corrected chi connectivity index (χ4v) is 2.93. The molecule has 2 heterocycles. The Morgan fingerprint density at radius 3 is 2.50 bits per heavy atom. The Morgan fingerprint density at radius 2 is 1.77 bits per heavy atom. The molecule has 0 fully saturated rings. The van der Waals surface area contributed by atoms with Gasteiger partial charge in [-0.15, -0.1) is 0 Å². The lowest BCUT2D eigenvalue weighted by Crippen LogP contribution is -2.16. The molecule has 7 heteroatoms. The summed E-state index contributed by atoms with van der Waals surface area (Å²) in [4.78, 5) is 8.54. The predicted molar refractivity (Wildman–Crippen MR) is 100 cm³/mol. The number of para-hydroxylation sites is 2. The van der Waals surface area contributed by atoms with Gasteiger partial charge in [0.05, 0.1) is 5.02 Å². The van der Waals surface area contributed by atoms with E-state index >= 15 is 0 Å². The van der Waals surface area contributed by atoms with Gasteiger partial charge in [0.25, 0.3) is 6.01 Å². The van der Waals surface area contributed by atoms with Crippen LogP contribution in [0.15, 0.2) is 65.2 Å². The number of halogens is 3. The molecule has 0 spiro atoms. The minimum Gasteiger partial charge on any atom is -0.424 e. The van der Waals surface area contributed by atoms with E-state index in [4.69, 9.17) is 27.6 Å². The van der Waals surface area contributed by atoms with E-state index in [0.717, 1.165) is 5.56 Å². The number of nitrogens with one attached hydrogen (secondary N) is 1. The van der Waals surface area contributed by atoms with Crippen molar-refractivity contribution in [2.75, 3.05) is 5.32 Å². The van der Waals surface area contributed by atoms with Crippen LogP contribution in [0.5, 0.6) is 0 Å². The molecule has 0 bridgehead atoms. The van der Waals surface area contributed by atoms with Gasteiger partial charge in [-0.25, -0.2) is 4.39 Å². The van der Waals surface area contributed by atoms with Crippen molar-refractivity contribution in [1.82, 2.24) is 9.97 Å². The molecule has 4 rings (SSSR count). The van der Waals surface area contributed by atoms with E-state index in [1.54, 1.807) is 24.3 Å². The number of rotatable bonds is 4. The summed E-state index contributed by atoms with van der Waals surface area (Å²) < 4.78 is 20.2. The maximum Gasteiger partial charge on any atom is 0.296 e. The van der Waals surface area contributed by atoms with Crippen LogP contribution < -0.4 is 5.32 Å². The highest BCUT2D eigenvalue weighted by Crippen LogP contribution is 2.30. The number of benzene rings is 2. The average Bonchev–Trinajstić information content (AvgIpc) is 3.03. The van der Waals surface area contributed by atoms with E-state index in [0.29, 0.717) is 16.1 Å². The number of hydrogen-bond acceptors (Lipinski definition) is 4. The monoisotopic (exact) mass is 387 g/mol. The Morgan fingerprint density at radius 1 is 1.00 bits per heavy atom. The Bertz CT molecular complexity index is 1030. The zero-order valence-electron chi connectivity index (χ0n) is 13.3. The smallest absolute Gasteiger partial charge is 0.296 e. The summed E-state index contributed by atoms with van der Waals surface area (Å²) >= 11 is 11.8. The van der Waals surface area contributed by atoms with Crippen LogP contribution in [-0.2, 0) is 0 Å². The third kappa shape index (κ3) is 3.36. The van der Waals surface area contributed by atoms with Gasteiger partial charge in [0.15, 0.2) is 5.58 Å². The molecule has 4 aromatic rings. The summed E-state index contributed by atoms with van der Waals surface area (Å²) in [5, 5.41) is 3.92. The molecule has 0 radical (unpaired) electrons. The molecule has 130 valence electrons. The Labute approximate surface area is 158 Å². The van der Waals surface area contributed by atoms with Crippen molar-refractivity contribution < 1.29 is 8.81 Å². The van der Waals surface area contributed by atoms with Crippen molar-refractivity contribution in [2.45, 2.75) is 6.04 Å². The molecule has 0 saturated heterocycles. The highest BCUT2D eigenvalue weighted by Gasteiger charge is 2.22. The van der Waals surface area contributed by atoms with Gasteiger partial charge in [-0.3, -0.25) is 4.98 Å². The summed E-state index contributed by atoms with van der Waals surface area (Å²) in [7, 11) is 0. The van der Waals surface area contributed by atoms with Gasteiger partial charge < -0.3 is 9.73 Å². The van der Waals surface area contributed by atoms with Gasteiger partial charge in [-0.2, -0.15) is 4.98 Å². The number of anilines is 1. The average molecular weight is 388 g/mol. The molecule has 26 heavy (non-hydrogen) atoms. The summed E-state index contributed by atoms with van der Waals surface area (Å²) in [6.07, 6.45) is 1.40. The quantitative estimate of drug-likeness (QED) is 0.475. The van der Waals surface area contributed by atoms with Crippen LogP contribution in [-0.4, -0.2) is 9.97 Å². The maximum atomic E-state index is 14.5. The first-order chi connectivity index (χ1) is 12.6. The van der Waals surface area contributed by atoms with Gasteiger partial charge in [0.1, 0.15) is 23.1 Å². The minimum atomic E-state index is -0.627. The standard InChI is InChI=1S/C19H12Cl2FN3O/c20-12-7-5-11(6-8-12)17(18-14(22)9-13(21)10-23-18)25-19-24-15-3-1-2-4-16(15)26-19/h1-10,17H,(H,24,25)/t17-/m0/s1. The predicted octanol–water partition coefficient (Wildman–Crippen LogP) is 5.87. The van der Waals surface area contributed by atoms with Gasteiger partial charge in [-0.05, 0) is 35.9 Å². The van der Waals surface area contributed by atoms with Crippen molar-refractivity contribution in [3.63, 3.8) is 0 Å². The van der Waals surface area contributed by atoms with Crippen LogP contribution in [0.3, 0.4) is 0 Å². The van der Waals surface area contributed by atoms with E-state index in [9.17, 15) is 4.39 Å². The van der Waals surface area contributed by atoms with Gasteiger partial charge in [0.2, 0.25) is 0 Å². The fourth-order valence-electron chi connectivity index (χ4n) is 2.66. The molecule has 0 aliphatic rings. The third-order valence-electron chi connectivity index (χ3n) is 3.87. The fraction of sp³-hybridized carbons (Fsp3) is 0.0526.